The lowest BCUT2D eigenvalue weighted by molar-refractivity contribution is -0.129. The van der Waals surface area contributed by atoms with Gasteiger partial charge in [0.05, 0.1) is 17.1 Å². The van der Waals surface area contributed by atoms with Gasteiger partial charge in [0.2, 0.25) is 5.91 Å². The summed E-state index contributed by atoms with van der Waals surface area (Å²) in [5.74, 6) is 0.240. The second kappa shape index (κ2) is 5.98. The molecular weight excluding hydrogens is 280 g/mol. The van der Waals surface area contributed by atoms with Gasteiger partial charge in [0.1, 0.15) is 0 Å². The minimum Gasteiger partial charge on any atom is -0.342 e. The van der Waals surface area contributed by atoms with Gasteiger partial charge < -0.3 is 4.90 Å². The van der Waals surface area contributed by atoms with E-state index in [1.807, 2.05) is 11.8 Å². The minimum absolute atomic E-state index is 0.240. The van der Waals surface area contributed by atoms with E-state index < -0.39 is 0 Å². The molecule has 1 amide bonds. The highest BCUT2D eigenvalue weighted by atomic mass is 32.1. The summed E-state index contributed by atoms with van der Waals surface area (Å²) in [6, 6.07) is 8.37. The first-order valence-electron chi connectivity index (χ1n) is 7.44. The number of thiazole rings is 1. The molecule has 0 saturated carbocycles. The summed E-state index contributed by atoms with van der Waals surface area (Å²) in [7, 11) is 0. The largest absolute Gasteiger partial charge is 0.342 e. The van der Waals surface area contributed by atoms with E-state index in [1.54, 1.807) is 11.3 Å². The molecule has 21 heavy (non-hydrogen) atoms. The number of benzene rings is 1. The number of aryl methyl sites for hydroxylation is 2. The van der Waals surface area contributed by atoms with Gasteiger partial charge in [-0.1, -0.05) is 29.8 Å². The van der Waals surface area contributed by atoms with Gasteiger partial charge in [-0.25, -0.2) is 4.98 Å². The predicted molar refractivity (Wildman–Crippen MR) is 86.5 cm³/mol. The summed E-state index contributed by atoms with van der Waals surface area (Å²) in [5, 5.41) is 1.02. The molecule has 0 atom stereocenters. The van der Waals surface area contributed by atoms with Crippen LogP contribution in [-0.2, 0) is 11.2 Å². The number of likely N-dealkylation sites (tertiary alicyclic amines) is 1. The molecule has 4 heteroatoms. The minimum atomic E-state index is 0.240. The maximum absolute atomic E-state index is 12.4. The lowest BCUT2D eigenvalue weighted by Crippen LogP contribution is -2.28. The molecule has 1 aliphatic heterocycles. The van der Waals surface area contributed by atoms with Crippen molar-refractivity contribution in [2.24, 2.45) is 0 Å². The third kappa shape index (κ3) is 3.16. The molecule has 0 aliphatic carbocycles. The molecule has 2 heterocycles. The van der Waals surface area contributed by atoms with E-state index in [0.717, 1.165) is 47.1 Å². The van der Waals surface area contributed by atoms with Crippen LogP contribution in [0.5, 0.6) is 0 Å². The number of amides is 1. The molecular formula is C17H20N2OS. The van der Waals surface area contributed by atoms with Crippen LogP contribution in [0, 0.1) is 13.8 Å². The molecule has 0 unspecified atom stereocenters. The Morgan fingerprint density at radius 2 is 1.86 bits per heavy atom. The molecule has 3 rings (SSSR count). The van der Waals surface area contributed by atoms with Crippen LogP contribution in [-0.4, -0.2) is 28.9 Å². The lowest BCUT2D eigenvalue weighted by Gasteiger charge is -2.14. The van der Waals surface area contributed by atoms with Crippen molar-refractivity contribution in [3.8, 4) is 11.3 Å². The highest BCUT2D eigenvalue weighted by molar-refractivity contribution is 7.12. The summed E-state index contributed by atoms with van der Waals surface area (Å²) in [5.41, 5.74) is 3.32. The molecule has 1 saturated heterocycles. The Kier molecular flexibility index (Phi) is 4.06. The number of nitrogens with zero attached hydrogens (tertiary/aromatic N) is 2. The van der Waals surface area contributed by atoms with E-state index in [2.05, 4.69) is 36.2 Å². The molecule has 1 aromatic heterocycles. The second-order valence-corrected chi connectivity index (χ2v) is 6.92. The van der Waals surface area contributed by atoms with Crippen molar-refractivity contribution in [1.29, 1.82) is 0 Å². The quantitative estimate of drug-likeness (QED) is 0.868. The van der Waals surface area contributed by atoms with Gasteiger partial charge in [0.25, 0.3) is 0 Å². The molecule has 3 nitrogen and oxygen atoms in total. The van der Waals surface area contributed by atoms with Gasteiger partial charge in [-0.2, -0.15) is 0 Å². The number of carbonyl (C=O) groups is 1. The third-order valence-corrected chi connectivity index (χ3v) is 4.87. The van der Waals surface area contributed by atoms with E-state index in [0.29, 0.717) is 6.42 Å². The monoisotopic (exact) mass is 300 g/mol. The fourth-order valence-electron chi connectivity index (χ4n) is 2.74. The van der Waals surface area contributed by atoms with Gasteiger partial charge in [0, 0.05) is 23.5 Å². The van der Waals surface area contributed by atoms with Gasteiger partial charge in [0.15, 0.2) is 0 Å². The number of hydrogen-bond acceptors (Lipinski definition) is 3. The molecule has 0 spiro atoms. The number of carbonyl (C=O) groups excluding carboxylic acids is 1. The van der Waals surface area contributed by atoms with E-state index >= 15 is 0 Å². The second-order valence-electron chi connectivity index (χ2n) is 5.64. The molecule has 1 aromatic carbocycles. The van der Waals surface area contributed by atoms with E-state index in [9.17, 15) is 4.79 Å². The number of hydrogen-bond donors (Lipinski definition) is 0. The van der Waals surface area contributed by atoms with Crippen molar-refractivity contribution in [3.63, 3.8) is 0 Å². The van der Waals surface area contributed by atoms with Gasteiger partial charge in [-0.05, 0) is 26.7 Å². The molecule has 1 aliphatic rings. The molecule has 0 N–H and O–H groups in total. The Morgan fingerprint density at radius 3 is 2.52 bits per heavy atom. The van der Waals surface area contributed by atoms with Gasteiger partial charge in [-0.3, -0.25) is 4.79 Å². The fourth-order valence-corrected chi connectivity index (χ4v) is 3.69. The zero-order chi connectivity index (χ0) is 14.8. The van der Waals surface area contributed by atoms with Gasteiger partial charge in [-0.15, -0.1) is 11.3 Å². The van der Waals surface area contributed by atoms with Crippen LogP contribution in [0.1, 0.15) is 28.3 Å². The van der Waals surface area contributed by atoms with Crippen LogP contribution < -0.4 is 0 Å². The van der Waals surface area contributed by atoms with Crippen LogP contribution in [0.4, 0.5) is 0 Å². The fraction of sp³-hybridized carbons (Fsp3) is 0.412. The van der Waals surface area contributed by atoms with Crippen molar-refractivity contribution in [1.82, 2.24) is 9.88 Å². The SMILES string of the molecule is Cc1ccc(-c2nc(C)sc2CC(=O)N2CCCC2)cc1. The predicted octanol–water partition coefficient (Wildman–Crippen LogP) is 3.59. The summed E-state index contributed by atoms with van der Waals surface area (Å²) < 4.78 is 0. The van der Waals surface area contributed by atoms with Crippen LogP contribution in [0.3, 0.4) is 0 Å². The standard InChI is InChI=1S/C17H20N2OS/c1-12-5-7-14(8-6-12)17-15(21-13(2)18-17)11-16(20)19-9-3-4-10-19/h5-8H,3-4,9-11H2,1-2H3. The molecule has 2 aromatic rings. The highest BCUT2D eigenvalue weighted by Gasteiger charge is 2.21. The smallest absolute Gasteiger partial charge is 0.227 e. The number of rotatable bonds is 3. The van der Waals surface area contributed by atoms with Crippen LogP contribution in [0.15, 0.2) is 24.3 Å². The average molecular weight is 300 g/mol. The zero-order valence-electron chi connectivity index (χ0n) is 12.6. The Bertz CT molecular complexity index is 639. The molecule has 0 bridgehead atoms. The summed E-state index contributed by atoms with van der Waals surface area (Å²) >= 11 is 1.64. The Morgan fingerprint density at radius 1 is 1.19 bits per heavy atom. The molecule has 1 fully saturated rings. The maximum Gasteiger partial charge on any atom is 0.227 e. The first-order chi connectivity index (χ1) is 10.1. The third-order valence-electron chi connectivity index (χ3n) is 3.90. The molecule has 110 valence electrons. The average Bonchev–Trinajstić information content (AvgIpc) is 3.09. The van der Waals surface area contributed by atoms with Crippen molar-refractivity contribution in [3.05, 3.63) is 39.7 Å². The van der Waals surface area contributed by atoms with E-state index in [-0.39, 0.29) is 5.91 Å². The summed E-state index contributed by atoms with van der Waals surface area (Å²) in [4.78, 5) is 20.1. The van der Waals surface area contributed by atoms with Crippen molar-refractivity contribution in [2.45, 2.75) is 33.1 Å². The van der Waals surface area contributed by atoms with Crippen LogP contribution >= 0.6 is 11.3 Å². The summed E-state index contributed by atoms with van der Waals surface area (Å²) in [6.45, 7) is 5.91. The van der Waals surface area contributed by atoms with Gasteiger partial charge >= 0.3 is 0 Å². The Balaban J connectivity index is 1.85. The topological polar surface area (TPSA) is 33.2 Å². The van der Waals surface area contributed by atoms with Crippen LogP contribution in [0.2, 0.25) is 0 Å². The van der Waals surface area contributed by atoms with Crippen molar-refractivity contribution >= 4 is 17.2 Å². The summed E-state index contributed by atoms with van der Waals surface area (Å²) in [6.07, 6.45) is 2.76. The lowest BCUT2D eigenvalue weighted by atomic mass is 10.1. The van der Waals surface area contributed by atoms with E-state index in [4.69, 9.17) is 0 Å². The first kappa shape index (κ1) is 14.3. The first-order valence-corrected chi connectivity index (χ1v) is 8.26. The van der Waals surface area contributed by atoms with Crippen LogP contribution in [0.25, 0.3) is 11.3 Å². The van der Waals surface area contributed by atoms with Crippen molar-refractivity contribution < 1.29 is 4.79 Å². The highest BCUT2D eigenvalue weighted by Crippen LogP contribution is 2.29. The Hall–Kier alpha value is -1.68. The normalized spacial score (nSPS) is 14.7. The maximum atomic E-state index is 12.4. The van der Waals surface area contributed by atoms with Crippen molar-refractivity contribution in [2.75, 3.05) is 13.1 Å². The number of aromatic nitrogens is 1. The van der Waals surface area contributed by atoms with E-state index in [1.165, 1.54) is 5.56 Å². The molecule has 0 radical (unpaired) electrons. The zero-order valence-corrected chi connectivity index (χ0v) is 13.4. The Labute approximate surface area is 129 Å².